The molecule has 1 aliphatic rings. The summed E-state index contributed by atoms with van der Waals surface area (Å²) in [4.78, 5) is 22.3. The standard InChI is InChI=1S/C26H20N4O3/c31-26(19-10-11-22-18(14-19)12-13-27-22)30-15-20(16-30)32-23-9-5-4-8-21(23)25-28-24(29-33-25)17-6-2-1-3-7-17/h1-14,20,27H,15-16H2. The van der Waals surface area contributed by atoms with Crippen LogP contribution in [-0.4, -0.2) is 45.1 Å². The van der Waals surface area contributed by atoms with Crippen LogP contribution in [0.1, 0.15) is 10.4 Å². The number of hydrogen-bond donors (Lipinski definition) is 1. The highest BCUT2D eigenvalue weighted by Gasteiger charge is 2.33. The van der Waals surface area contributed by atoms with E-state index in [1.165, 1.54) is 0 Å². The van der Waals surface area contributed by atoms with Crippen molar-refractivity contribution >= 4 is 16.8 Å². The molecule has 6 rings (SSSR count). The fourth-order valence-electron chi connectivity index (χ4n) is 4.01. The predicted molar refractivity (Wildman–Crippen MR) is 124 cm³/mol. The van der Waals surface area contributed by atoms with E-state index in [-0.39, 0.29) is 12.0 Å². The lowest BCUT2D eigenvalue weighted by molar-refractivity contribution is 0.0179. The van der Waals surface area contributed by atoms with Gasteiger partial charge in [-0.25, -0.2) is 0 Å². The zero-order chi connectivity index (χ0) is 22.2. The molecule has 1 fully saturated rings. The van der Waals surface area contributed by atoms with Gasteiger partial charge in [-0.2, -0.15) is 4.98 Å². The Balaban J connectivity index is 1.15. The first kappa shape index (κ1) is 19.3. The number of amides is 1. The molecule has 0 aliphatic carbocycles. The van der Waals surface area contributed by atoms with Crippen molar-refractivity contribution in [3.63, 3.8) is 0 Å². The summed E-state index contributed by atoms with van der Waals surface area (Å²) in [5, 5.41) is 5.13. The predicted octanol–water partition coefficient (Wildman–Crippen LogP) is 4.79. The van der Waals surface area contributed by atoms with E-state index in [0.717, 1.165) is 22.0 Å². The molecule has 33 heavy (non-hydrogen) atoms. The smallest absolute Gasteiger partial charge is 0.262 e. The molecule has 0 spiro atoms. The molecule has 1 aliphatic heterocycles. The first-order valence-corrected chi connectivity index (χ1v) is 10.8. The number of rotatable bonds is 5. The lowest BCUT2D eigenvalue weighted by Gasteiger charge is -2.39. The summed E-state index contributed by atoms with van der Waals surface area (Å²) >= 11 is 0. The molecule has 0 saturated carbocycles. The van der Waals surface area contributed by atoms with Crippen LogP contribution in [-0.2, 0) is 0 Å². The number of likely N-dealkylation sites (tertiary alicyclic amines) is 1. The van der Waals surface area contributed by atoms with E-state index in [9.17, 15) is 4.79 Å². The summed E-state index contributed by atoms with van der Waals surface area (Å²) < 4.78 is 11.7. The Morgan fingerprint density at radius 2 is 1.82 bits per heavy atom. The minimum Gasteiger partial charge on any atom is -0.486 e. The Kier molecular flexibility index (Phi) is 4.65. The van der Waals surface area contributed by atoms with Crippen LogP contribution < -0.4 is 4.74 Å². The molecule has 2 aromatic heterocycles. The molecule has 7 nitrogen and oxygen atoms in total. The van der Waals surface area contributed by atoms with Crippen LogP contribution in [0.4, 0.5) is 0 Å². The third-order valence-corrected chi connectivity index (χ3v) is 5.80. The Morgan fingerprint density at radius 3 is 2.70 bits per heavy atom. The third kappa shape index (κ3) is 3.63. The molecule has 5 aromatic rings. The van der Waals surface area contributed by atoms with E-state index in [1.807, 2.05) is 85.1 Å². The summed E-state index contributed by atoms with van der Waals surface area (Å²) in [6.07, 6.45) is 1.78. The van der Waals surface area contributed by atoms with Gasteiger partial charge in [-0.15, -0.1) is 0 Å². The largest absolute Gasteiger partial charge is 0.486 e. The van der Waals surface area contributed by atoms with Crippen molar-refractivity contribution in [1.29, 1.82) is 0 Å². The average Bonchev–Trinajstić information content (AvgIpc) is 3.51. The van der Waals surface area contributed by atoms with E-state index in [1.54, 1.807) is 4.90 Å². The molecule has 3 heterocycles. The number of benzene rings is 3. The minimum atomic E-state index is -0.0948. The highest BCUT2D eigenvalue weighted by molar-refractivity contribution is 5.98. The van der Waals surface area contributed by atoms with Crippen molar-refractivity contribution < 1.29 is 14.1 Å². The number of para-hydroxylation sites is 1. The van der Waals surface area contributed by atoms with Crippen molar-refractivity contribution in [2.45, 2.75) is 6.10 Å². The van der Waals surface area contributed by atoms with Crippen molar-refractivity contribution in [3.05, 3.63) is 90.6 Å². The Morgan fingerprint density at radius 1 is 1.00 bits per heavy atom. The summed E-state index contributed by atoms with van der Waals surface area (Å²) in [5.74, 6) is 1.60. The molecular formula is C26H20N4O3. The number of ether oxygens (including phenoxy) is 1. The van der Waals surface area contributed by atoms with Crippen molar-refractivity contribution in [3.8, 4) is 28.6 Å². The number of nitrogens with one attached hydrogen (secondary N) is 1. The zero-order valence-corrected chi connectivity index (χ0v) is 17.6. The van der Waals surface area contributed by atoms with Crippen molar-refractivity contribution in [2.24, 2.45) is 0 Å². The molecule has 0 unspecified atom stereocenters. The molecule has 162 valence electrons. The molecular weight excluding hydrogens is 416 g/mol. The fraction of sp³-hybridized carbons (Fsp3) is 0.115. The van der Waals surface area contributed by atoms with Gasteiger partial charge in [-0.05, 0) is 36.4 Å². The maximum absolute atomic E-state index is 12.8. The van der Waals surface area contributed by atoms with E-state index in [4.69, 9.17) is 9.26 Å². The van der Waals surface area contributed by atoms with Gasteiger partial charge < -0.3 is 19.1 Å². The van der Waals surface area contributed by atoms with Gasteiger partial charge in [0.15, 0.2) is 0 Å². The van der Waals surface area contributed by atoms with Crippen LogP contribution in [0.5, 0.6) is 5.75 Å². The first-order valence-electron chi connectivity index (χ1n) is 10.8. The van der Waals surface area contributed by atoms with Gasteiger partial charge in [-0.3, -0.25) is 4.79 Å². The number of carbonyl (C=O) groups is 1. The van der Waals surface area contributed by atoms with E-state index in [0.29, 0.717) is 36.1 Å². The molecule has 0 radical (unpaired) electrons. The average molecular weight is 436 g/mol. The van der Waals surface area contributed by atoms with Gasteiger partial charge in [0.05, 0.1) is 18.7 Å². The molecule has 0 bridgehead atoms. The zero-order valence-electron chi connectivity index (χ0n) is 17.6. The van der Waals surface area contributed by atoms with Gasteiger partial charge in [0.25, 0.3) is 11.8 Å². The van der Waals surface area contributed by atoms with E-state index >= 15 is 0 Å². The topological polar surface area (TPSA) is 84.2 Å². The highest BCUT2D eigenvalue weighted by atomic mass is 16.5. The summed E-state index contributed by atoms with van der Waals surface area (Å²) in [5.41, 5.74) is 3.32. The third-order valence-electron chi connectivity index (χ3n) is 5.80. The van der Waals surface area contributed by atoms with Crippen molar-refractivity contribution in [2.75, 3.05) is 13.1 Å². The van der Waals surface area contributed by atoms with Crippen LogP contribution in [0, 0.1) is 0 Å². The minimum absolute atomic E-state index is 0.00985. The molecule has 0 atom stereocenters. The number of aromatic nitrogens is 3. The van der Waals surface area contributed by atoms with Gasteiger partial charge in [0.1, 0.15) is 11.9 Å². The second-order valence-corrected chi connectivity index (χ2v) is 8.02. The van der Waals surface area contributed by atoms with Crippen LogP contribution in [0.2, 0.25) is 0 Å². The molecule has 7 heteroatoms. The highest BCUT2D eigenvalue weighted by Crippen LogP contribution is 2.32. The maximum Gasteiger partial charge on any atom is 0.262 e. The Hall–Kier alpha value is -4.39. The molecule has 3 aromatic carbocycles. The number of H-pyrrole nitrogens is 1. The quantitative estimate of drug-likeness (QED) is 0.428. The number of carbonyl (C=O) groups excluding carboxylic acids is 1. The summed E-state index contributed by atoms with van der Waals surface area (Å²) in [6, 6.07) is 24.9. The Labute approximate surface area is 189 Å². The maximum atomic E-state index is 12.8. The van der Waals surface area contributed by atoms with Crippen LogP contribution in [0.15, 0.2) is 89.6 Å². The van der Waals surface area contributed by atoms with Gasteiger partial charge in [-0.1, -0.05) is 47.6 Å². The number of fused-ring (bicyclic) bond motifs is 1. The van der Waals surface area contributed by atoms with Crippen molar-refractivity contribution in [1.82, 2.24) is 20.0 Å². The second-order valence-electron chi connectivity index (χ2n) is 8.02. The Bertz CT molecular complexity index is 1430. The number of hydrogen-bond acceptors (Lipinski definition) is 5. The van der Waals surface area contributed by atoms with Crippen LogP contribution >= 0.6 is 0 Å². The fourth-order valence-corrected chi connectivity index (χ4v) is 4.01. The van der Waals surface area contributed by atoms with Crippen LogP contribution in [0.3, 0.4) is 0 Å². The van der Waals surface area contributed by atoms with E-state index in [2.05, 4.69) is 15.1 Å². The normalized spacial score (nSPS) is 13.8. The SMILES string of the molecule is O=C(c1ccc2[nH]ccc2c1)N1CC(Oc2ccccc2-c2nc(-c3ccccc3)no2)C1. The molecule has 1 saturated heterocycles. The molecule has 1 amide bonds. The van der Waals surface area contributed by atoms with Crippen LogP contribution in [0.25, 0.3) is 33.7 Å². The number of aromatic amines is 1. The second kappa shape index (κ2) is 7.94. The van der Waals surface area contributed by atoms with E-state index < -0.39 is 0 Å². The van der Waals surface area contributed by atoms with Gasteiger partial charge >= 0.3 is 0 Å². The summed E-state index contributed by atoms with van der Waals surface area (Å²) in [6.45, 7) is 1.05. The summed E-state index contributed by atoms with van der Waals surface area (Å²) in [7, 11) is 0. The first-order chi connectivity index (χ1) is 16.2. The number of nitrogens with zero attached hydrogens (tertiary/aromatic N) is 3. The monoisotopic (exact) mass is 436 g/mol. The molecule has 1 N–H and O–H groups in total. The lowest BCUT2D eigenvalue weighted by atomic mass is 10.1. The van der Waals surface area contributed by atoms with Gasteiger partial charge in [0, 0.05) is 28.2 Å². The van der Waals surface area contributed by atoms with Gasteiger partial charge in [0.2, 0.25) is 5.82 Å². The lowest BCUT2D eigenvalue weighted by Crippen LogP contribution is -2.56.